The molecule has 0 atom stereocenters. The number of benzene rings is 1. The van der Waals surface area contributed by atoms with Crippen LogP contribution in [0, 0.1) is 0 Å². The summed E-state index contributed by atoms with van der Waals surface area (Å²) in [5.41, 5.74) is 4.79. The second kappa shape index (κ2) is 10.9. The van der Waals surface area contributed by atoms with Gasteiger partial charge in [0.25, 0.3) is 0 Å². The minimum atomic E-state index is 0.629. The third-order valence-electron chi connectivity index (χ3n) is 5.54. The van der Waals surface area contributed by atoms with Crippen LogP contribution in [-0.2, 0) is 13.1 Å². The van der Waals surface area contributed by atoms with Crippen molar-refractivity contribution in [1.82, 2.24) is 34.7 Å². The van der Waals surface area contributed by atoms with Crippen molar-refractivity contribution in [3.63, 3.8) is 0 Å². The second-order valence-corrected chi connectivity index (χ2v) is 8.62. The monoisotopic (exact) mass is 484 g/mol. The molecule has 1 aromatic carbocycles. The van der Waals surface area contributed by atoms with E-state index in [9.17, 15) is 0 Å². The summed E-state index contributed by atoms with van der Waals surface area (Å²) >= 11 is 6.27. The van der Waals surface area contributed by atoms with Crippen molar-refractivity contribution in [3.8, 4) is 0 Å². The molecule has 0 fully saturated rings. The van der Waals surface area contributed by atoms with Crippen LogP contribution in [0.15, 0.2) is 73.4 Å². The predicted octanol–water partition coefficient (Wildman–Crippen LogP) is 5.18. The van der Waals surface area contributed by atoms with Gasteiger partial charge in [-0.1, -0.05) is 22.9 Å². The van der Waals surface area contributed by atoms with Crippen LogP contribution in [0.2, 0.25) is 5.02 Å². The van der Waals surface area contributed by atoms with E-state index >= 15 is 0 Å². The molecule has 0 aliphatic rings. The predicted molar refractivity (Wildman–Crippen MR) is 139 cm³/mol. The maximum Gasteiger partial charge on any atom is 0.104 e. The lowest BCUT2D eigenvalue weighted by atomic mass is 10.1. The zero-order chi connectivity index (χ0) is 23.9. The first-order valence-corrected chi connectivity index (χ1v) is 11.9. The lowest BCUT2D eigenvalue weighted by Gasteiger charge is -2.11. The van der Waals surface area contributed by atoms with E-state index < -0.39 is 0 Å². The van der Waals surface area contributed by atoms with Crippen molar-refractivity contribution in [3.05, 3.63) is 95.4 Å². The number of pyridine rings is 2. The highest BCUT2D eigenvalue weighted by Crippen LogP contribution is 2.27. The van der Waals surface area contributed by atoms with Crippen LogP contribution in [-0.4, -0.2) is 41.3 Å². The zero-order valence-corrected chi connectivity index (χ0v) is 19.9. The number of unbranched alkanes of at least 4 members (excludes halogenated alkanes) is 1. The quantitative estimate of drug-likeness (QED) is 0.275. The van der Waals surface area contributed by atoms with Crippen molar-refractivity contribution in [2.45, 2.75) is 25.9 Å². The number of nitrogens with zero attached hydrogens (tertiary/aromatic N) is 7. The summed E-state index contributed by atoms with van der Waals surface area (Å²) in [6.07, 6.45) is 15.2. The van der Waals surface area contributed by atoms with Gasteiger partial charge in [-0.2, -0.15) is 5.10 Å². The van der Waals surface area contributed by atoms with Gasteiger partial charge in [0, 0.05) is 54.0 Å². The van der Waals surface area contributed by atoms with E-state index in [1.807, 2.05) is 70.3 Å². The van der Waals surface area contributed by atoms with E-state index in [1.165, 1.54) is 0 Å². The maximum absolute atomic E-state index is 6.27. The highest BCUT2D eigenvalue weighted by Gasteiger charge is 2.06. The molecule has 1 N–H and O–H groups in total. The Morgan fingerprint density at radius 3 is 2.74 bits per heavy atom. The van der Waals surface area contributed by atoms with E-state index in [0.717, 1.165) is 59.5 Å². The van der Waals surface area contributed by atoms with Gasteiger partial charge in [-0.15, -0.1) is 5.10 Å². The number of halogens is 1. The second-order valence-electron chi connectivity index (χ2n) is 8.18. The van der Waals surface area contributed by atoms with Crippen LogP contribution >= 0.6 is 11.6 Å². The smallest absolute Gasteiger partial charge is 0.104 e. The molecule has 0 saturated carbocycles. The van der Waals surface area contributed by atoms with Crippen LogP contribution in [0.4, 0.5) is 5.69 Å². The first-order valence-electron chi connectivity index (χ1n) is 11.5. The van der Waals surface area contributed by atoms with Gasteiger partial charge in [0.15, 0.2) is 0 Å². The molecule has 0 radical (unpaired) electrons. The fourth-order valence-electron chi connectivity index (χ4n) is 3.81. The number of nitrogens with one attached hydrogen (secondary N) is 1. The Balaban J connectivity index is 1.20. The van der Waals surface area contributed by atoms with E-state index in [2.05, 4.69) is 31.8 Å². The molecule has 0 bridgehead atoms. The number of aryl methyl sites for hydroxylation is 1. The molecule has 4 heterocycles. The number of aromatic nitrogens is 7. The zero-order valence-electron chi connectivity index (χ0n) is 19.1. The van der Waals surface area contributed by atoms with Crippen molar-refractivity contribution in [2.75, 3.05) is 11.9 Å². The SMILES string of the molecule is Clc1ccc2nc(/C=C/c3ccncc3)cc(NCCCCn3cc(Cn4cccn4)nn3)c2c1. The third kappa shape index (κ3) is 6.10. The Morgan fingerprint density at radius 1 is 0.971 bits per heavy atom. The molecule has 0 unspecified atom stereocenters. The summed E-state index contributed by atoms with van der Waals surface area (Å²) in [7, 11) is 0. The summed E-state index contributed by atoms with van der Waals surface area (Å²) in [4.78, 5) is 8.84. The van der Waals surface area contributed by atoms with Gasteiger partial charge >= 0.3 is 0 Å². The van der Waals surface area contributed by atoms with Crippen LogP contribution in [0.25, 0.3) is 23.1 Å². The topological polar surface area (TPSA) is 86.3 Å². The van der Waals surface area contributed by atoms with Crippen molar-refractivity contribution < 1.29 is 0 Å². The molecule has 35 heavy (non-hydrogen) atoms. The summed E-state index contributed by atoms with van der Waals surface area (Å²) in [6.45, 7) is 2.27. The highest BCUT2D eigenvalue weighted by atomic mass is 35.5. The van der Waals surface area contributed by atoms with Gasteiger partial charge in [0.05, 0.1) is 24.0 Å². The average Bonchev–Trinajstić information content (AvgIpc) is 3.56. The minimum absolute atomic E-state index is 0.629. The number of fused-ring (bicyclic) bond motifs is 1. The maximum atomic E-state index is 6.27. The number of hydrogen-bond acceptors (Lipinski definition) is 6. The van der Waals surface area contributed by atoms with Gasteiger partial charge in [-0.3, -0.25) is 14.3 Å². The molecule has 0 saturated heterocycles. The van der Waals surface area contributed by atoms with E-state index in [-0.39, 0.29) is 0 Å². The Kier molecular flexibility index (Phi) is 7.10. The molecule has 0 amide bonds. The van der Waals surface area contributed by atoms with Crippen LogP contribution in [0.1, 0.15) is 29.8 Å². The van der Waals surface area contributed by atoms with Crippen molar-refractivity contribution in [2.24, 2.45) is 0 Å². The van der Waals surface area contributed by atoms with E-state index in [1.54, 1.807) is 18.6 Å². The Morgan fingerprint density at radius 2 is 1.89 bits per heavy atom. The fraction of sp³-hybridized carbons (Fsp3) is 0.192. The summed E-state index contributed by atoms with van der Waals surface area (Å²) in [5.74, 6) is 0. The van der Waals surface area contributed by atoms with Gasteiger partial charge in [0.2, 0.25) is 0 Å². The molecule has 5 rings (SSSR count). The molecule has 8 nitrogen and oxygen atoms in total. The minimum Gasteiger partial charge on any atom is -0.384 e. The molecular weight excluding hydrogens is 460 g/mol. The molecule has 0 aliphatic carbocycles. The summed E-state index contributed by atoms with van der Waals surface area (Å²) in [6, 6.07) is 13.7. The third-order valence-corrected chi connectivity index (χ3v) is 5.78. The largest absolute Gasteiger partial charge is 0.384 e. The molecule has 0 aliphatic heterocycles. The number of rotatable bonds is 10. The molecule has 4 aromatic heterocycles. The van der Waals surface area contributed by atoms with Gasteiger partial charge in [-0.25, -0.2) is 4.98 Å². The Labute approximate surface area is 208 Å². The molecule has 0 spiro atoms. The summed E-state index contributed by atoms with van der Waals surface area (Å²) in [5, 5.41) is 18.0. The molecule has 9 heteroatoms. The fourth-order valence-corrected chi connectivity index (χ4v) is 3.98. The van der Waals surface area contributed by atoms with Crippen LogP contribution in [0.5, 0.6) is 0 Å². The molecular formula is C26H25ClN8. The number of hydrogen-bond donors (Lipinski definition) is 1. The standard InChI is InChI=1S/C26H25ClN8/c27-21-5-7-25-24(16-21)26(17-22(31-25)6-4-20-8-12-28-13-9-20)29-10-1-2-14-35-19-23(32-33-35)18-34-15-3-11-30-34/h3-9,11-13,15-17,19H,1-2,10,14,18H2,(H,29,31)/b6-4+. The summed E-state index contributed by atoms with van der Waals surface area (Å²) < 4.78 is 3.73. The van der Waals surface area contributed by atoms with Gasteiger partial charge < -0.3 is 5.32 Å². The van der Waals surface area contributed by atoms with Crippen molar-refractivity contribution >= 4 is 40.3 Å². The van der Waals surface area contributed by atoms with Crippen molar-refractivity contribution in [1.29, 1.82) is 0 Å². The van der Waals surface area contributed by atoms with Gasteiger partial charge in [-0.05, 0) is 66.9 Å². The first kappa shape index (κ1) is 22.7. The lowest BCUT2D eigenvalue weighted by Crippen LogP contribution is -2.06. The molecule has 5 aromatic rings. The average molecular weight is 485 g/mol. The normalized spacial score (nSPS) is 11.5. The van der Waals surface area contributed by atoms with Gasteiger partial charge in [0.1, 0.15) is 5.69 Å². The van der Waals surface area contributed by atoms with E-state index in [0.29, 0.717) is 11.6 Å². The highest BCUT2D eigenvalue weighted by molar-refractivity contribution is 6.31. The van der Waals surface area contributed by atoms with Crippen LogP contribution in [0.3, 0.4) is 0 Å². The molecule has 176 valence electrons. The lowest BCUT2D eigenvalue weighted by molar-refractivity contribution is 0.547. The first-order chi connectivity index (χ1) is 17.2. The number of anilines is 1. The van der Waals surface area contributed by atoms with Crippen LogP contribution < -0.4 is 5.32 Å². The Hall–Kier alpha value is -4.04. The van der Waals surface area contributed by atoms with E-state index in [4.69, 9.17) is 16.6 Å². The Bertz CT molecular complexity index is 1410.